The molecule has 11 heteroatoms. The van der Waals surface area contributed by atoms with Crippen molar-refractivity contribution in [3.8, 4) is 0 Å². The van der Waals surface area contributed by atoms with Crippen LogP contribution < -0.4 is 5.32 Å². The summed E-state index contributed by atoms with van der Waals surface area (Å²) in [6.07, 6.45) is 70.5. The first-order chi connectivity index (χ1) is 43.2. The molecule has 1 saturated heterocycles. The van der Waals surface area contributed by atoms with Crippen LogP contribution in [0.4, 0.5) is 0 Å². The fourth-order valence-corrected chi connectivity index (χ4v) is 12.2. The Hall–Kier alpha value is -2.12. The largest absolute Gasteiger partial charge is 0.454 e. The summed E-state index contributed by atoms with van der Waals surface area (Å²) in [5, 5.41) is 57.3. The van der Waals surface area contributed by atoms with Gasteiger partial charge in [0.15, 0.2) is 12.4 Å². The van der Waals surface area contributed by atoms with E-state index in [1.54, 1.807) is 6.08 Å². The van der Waals surface area contributed by atoms with Gasteiger partial charge in [-0.05, 0) is 77.0 Å². The lowest BCUT2D eigenvalue weighted by Gasteiger charge is -2.41. The highest BCUT2D eigenvalue weighted by Gasteiger charge is 2.47. The lowest BCUT2D eigenvalue weighted by atomic mass is 9.99. The highest BCUT2D eigenvalue weighted by molar-refractivity contribution is 5.80. The summed E-state index contributed by atoms with van der Waals surface area (Å²) in [6, 6.07) is -1.02. The molecule has 0 aromatic rings. The van der Waals surface area contributed by atoms with E-state index in [4.69, 9.17) is 14.2 Å². The Morgan fingerprint density at radius 3 is 1.10 bits per heavy atom. The van der Waals surface area contributed by atoms with Crippen molar-refractivity contribution in [1.82, 2.24) is 5.32 Å². The molecule has 0 aromatic carbocycles. The van der Waals surface area contributed by atoms with Gasteiger partial charge in [0.05, 0.1) is 25.4 Å². The average Bonchev–Trinajstić information content (AvgIpc) is 1.25. The van der Waals surface area contributed by atoms with Crippen molar-refractivity contribution in [2.45, 2.75) is 429 Å². The Morgan fingerprint density at radius 2 is 0.750 bits per heavy atom. The minimum Gasteiger partial charge on any atom is -0.454 e. The smallest absolute Gasteiger partial charge is 0.306 e. The molecule has 88 heavy (non-hydrogen) atoms. The van der Waals surface area contributed by atoms with Crippen LogP contribution in [0.1, 0.15) is 380 Å². The molecule has 0 radical (unpaired) electrons. The third-order valence-corrected chi connectivity index (χ3v) is 18.3. The van der Waals surface area contributed by atoms with E-state index in [0.717, 1.165) is 57.8 Å². The number of unbranched alkanes of at least 4 members (excludes halogenated alkanes) is 49. The average molecular weight is 1250 g/mol. The standard InChI is InChI=1S/C77H145NO10/c1-4-7-10-13-16-19-22-25-27-29-31-33-34-35-36-37-39-40-42-44-46-49-52-55-58-61-64-70(81)76(85)78-68(69(80)63-60-57-54-51-48-24-21-18-15-12-9-6-3)67-86-77-75(74(84)73(83)71(66-79)87-77)88-72(82)65-62-59-56-53-50-47-45-43-41-38-32-30-28-26-23-20-17-14-11-8-5-2/h25-28,60,63,68-71,73-75,77,79-81,83-84H,4-24,29-59,61-62,64-67H2,1-3H3,(H,78,85)/b27-25+,28-26+,63-60+. The first kappa shape index (κ1) is 83.9. The molecular formula is C77H145NO10. The van der Waals surface area contributed by atoms with Gasteiger partial charge in [0.25, 0.3) is 0 Å². The molecule has 1 aliphatic rings. The Balaban J connectivity index is 2.51. The predicted octanol–water partition coefficient (Wildman–Crippen LogP) is 20.1. The maximum Gasteiger partial charge on any atom is 0.306 e. The van der Waals surface area contributed by atoms with Gasteiger partial charge in [-0.15, -0.1) is 0 Å². The summed E-state index contributed by atoms with van der Waals surface area (Å²) >= 11 is 0. The van der Waals surface area contributed by atoms with Crippen molar-refractivity contribution in [2.75, 3.05) is 13.2 Å². The Kier molecular flexibility index (Phi) is 61.9. The Morgan fingerprint density at radius 1 is 0.432 bits per heavy atom. The van der Waals surface area contributed by atoms with Crippen molar-refractivity contribution >= 4 is 11.9 Å². The van der Waals surface area contributed by atoms with Gasteiger partial charge < -0.3 is 45.1 Å². The molecule has 1 fully saturated rings. The third kappa shape index (κ3) is 51.4. The molecular weight excluding hydrogens is 1100 g/mol. The lowest BCUT2D eigenvalue weighted by Crippen LogP contribution is -2.61. The molecule has 11 nitrogen and oxygen atoms in total. The van der Waals surface area contributed by atoms with E-state index in [2.05, 4.69) is 50.4 Å². The number of allylic oxidation sites excluding steroid dienone is 5. The SMILES string of the molecule is CCCCCCCC/C=C/CCCCCCCCCCCCCCCCCCC(O)C(=O)NC(COC1OC(CO)C(O)C(O)C1OC(=O)CCCCCCCCCCCCC/C=C/CCCCCCCC)C(O)/C=C/CCCCCCCCCCCC. The van der Waals surface area contributed by atoms with E-state index in [-0.39, 0.29) is 13.0 Å². The number of hydrogen-bond donors (Lipinski definition) is 6. The third-order valence-electron chi connectivity index (χ3n) is 18.3. The predicted molar refractivity (Wildman–Crippen MR) is 371 cm³/mol. The van der Waals surface area contributed by atoms with Gasteiger partial charge in [0, 0.05) is 6.42 Å². The lowest BCUT2D eigenvalue weighted by molar-refractivity contribution is -0.305. The first-order valence-electron chi connectivity index (χ1n) is 38.3. The maximum absolute atomic E-state index is 13.5. The molecule has 0 spiro atoms. The van der Waals surface area contributed by atoms with Crippen molar-refractivity contribution in [2.24, 2.45) is 0 Å². The van der Waals surface area contributed by atoms with Crippen LogP contribution in [0.2, 0.25) is 0 Å². The summed E-state index contributed by atoms with van der Waals surface area (Å²) in [4.78, 5) is 26.7. The summed E-state index contributed by atoms with van der Waals surface area (Å²) in [6.45, 7) is 5.85. The normalized spacial score (nSPS) is 18.3. The van der Waals surface area contributed by atoms with E-state index >= 15 is 0 Å². The molecule has 0 aliphatic carbocycles. The van der Waals surface area contributed by atoms with Crippen LogP contribution in [-0.2, 0) is 23.8 Å². The number of carbonyl (C=O) groups is 2. The van der Waals surface area contributed by atoms with Gasteiger partial charge >= 0.3 is 5.97 Å². The van der Waals surface area contributed by atoms with E-state index in [1.807, 2.05) is 6.08 Å². The van der Waals surface area contributed by atoms with Crippen LogP contribution in [-0.4, -0.2) is 99.6 Å². The number of rotatable bonds is 67. The van der Waals surface area contributed by atoms with E-state index in [1.165, 1.54) is 276 Å². The van der Waals surface area contributed by atoms with Crippen LogP contribution in [0, 0.1) is 0 Å². The monoisotopic (exact) mass is 1240 g/mol. The van der Waals surface area contributed by atoms with Gasteiger partial charge in [0.2, 0.25) is 5.91 Å². The molecule has 8 atom stereocenters. The second-order valence-corrected chi connectivity index (χ2v) is 26.7. The van der Waals surface area contributed by atoms with Crippen molar-refractivity contribution in [3.05, 3.63) is 36.5 Å². The van der Waals surface area contributed by atoms with Crippen LogP contribution in [0.15, 0.2) is 36.5 Å². The summed E-state index contributed by atoms with van der Waals surface area (Å²) < 4.78 is 17.7. The second kappa shape index (κ2) is 65.0. The molecule has 0 aromatic heterocycles. The molecule has 0 bridgehead atoms. The Labute approximate surface area is 543 Å². The molecule has 0 saturated carbocycles. The molecule has 6 N–H and O–H groups in total. The summed E-state index contributed by atoms with van der Waals surface area (Å²) in [7, 11) is 0. The Bertz CT molecular complexity index is 1570. The number of aliphatic hydroxyl groups excluding tert-OH is 5. The quantitative estimate of drug-likeness (QED) is 0.0195. The zero-order valence-electron chi connectivity index (χ0n) is 57.9. The summed E-state index contributed by atoms with van der Waals surface area (Å²) in [5.41, 5.74) is 0. The number of aliphatic hydroxyl groups is 5. The fourth-order valence-electron chi connectivity index (χ4n) is 12.2. The number of carbonyl (C=O) groups excluding carboxylic acids is 2. The number of esters is 1. The molecule has 518 valence electrons. The van der Waals surface area contributed by atoms with E-state index < -0.39 is 67.4 Å². The molecule has 1 aliphatic heterocycles. The number of ether oxygens (including phenoxy) is 3. The highest BCUT2D eigenvalue weighted by Crippen LogP contribution is 2.27. The second-order valence-electron chi connectivity index (χ2n) is 26.7. The number of hydrogen-bond acceptors (Lipinski definition) is 10. The van der Waals surface area contributed by atoms with Gasteiger partial charge in [0.1, 0.15) is 24.4 Å². The topological polar surface area (TPSA) is 175 Å². The minimum absolute atomic E-state index is 0.126. The van der Waals surface area contributed by atoms with Gasteiger partial charge in [-0.25, -0.2) is 0 Å². The van der Waals surface area contributed by atoms with Gasteiger partial charge in [-0.3, -0.25) is 9.59 Å². The zero-order chi connectivity index (χ0) is 63.9. The van der Waals surface area contributed by atoms with Crippen LogP contribution >= 0.6 is 0 Å². The number of nitrogens with one attached hydrogen (secondary N) is 1. The van der Waals surface area contributed by atoms with Gasteiger partial charge in [-0.2, -0.15) is 0 Å². The maximum atomic E-state index is 13.5. The van der Waals surface area contributed by atoms with Gasteiger partial charge in [-0.1, -0.05) is 333 Å². The van der Waals surface area contributed by atoms with Crippen LogP contribution in [0.3, 0.4) is 0 Å². The minimum atomic E-state index is -1.61. The first-order valence-corrected chi connectivity index (χ1v) is 38.3. The molecule has 8 unspecified atom stereocenters. The van der Waals surface area contributed by atoms with Crippen LogP contribution in [0.25, 0.3) is 0 Å². The van der Waals surface area contributed by atoms with E-state index in [0.29, 0.717) is 19.3 Å². The molecule has 1 heterocycles. The zero-order valence-corrected chi connectivity index (χ0v) is 57.9. The van der Waals surface area contributed by atoms with Crippen molar-refractivity contribution < 1.29 is 49.3 Å². The molecule has 1 rings (SSSR count). The van der Waals surface area contributed by atoms with E-state index in [9.17, 15) is 35.1 Å². The number of amides is 1. The highest BCUT2D eigenvalue weighted by atomic mass is 16.7. The van der Waals surface area contributed by atoms with Crippen molar-refractivity contribution in [3.63, 3.8) is 0 Å². The van der Waals surface area contributed by atoms with Crippen molar-refractivity contribution in [1.29, 1.82) is 0 Å². The molecule has 1 amide bonds. The fraction of sp³-hybridized carbons (Fsp3) is 0.896. The van der Waals surface area contributed by atoms with Crippen LogP contribution in [0.5, 0.6) is 0 Å². The summed E-state index contributed by atoms with van der Waals surface area (Å²) in [5.74, 6) is -1.18.